The minimum atomic E-state index is -4.90. The summed E-state index contributed by atoms with van der Waals surface area (Å²) < 4.78 is 73.0. The standard InChI is InChI=1S/C17H16F3NO5S/c1-2-10-25-14-5-3-4-12(11-14)16(22)21-27(23,24)15-8-6-13(7-9-15)26-17(18,19)20/h3-9,11H,2,10H2,1H3,(H,21,22)/p-1. The second kappa shape index (κ2) is 8.30. The van der Waals surface area contributed by atoms with Gasteiger partial charge in [-0.3, -0.25) is 0 Å². The van der Waals surface area contributed by atoms with Crippen LogP contribution in [0.1, 0.15) is 18.9 Å². The SMILES string of the molecule is CCCOc1cccc(/C([O-])=N/S(=O)(=O)c2ccc(OC(F)(F)F)cc2)c1. The van der Waals surface area contributed by atoms with Crippen LogP contribution >= 0.6 is 0 Å². The van der Waals surface area contributed by atoms with Gasteiger partial charge in [-0.15, -0.1) is 13.2 Å². The minimum absolute atomic E-state index is 0.00389. The van der Waals surface area contributed by atoms with Crippen molar-refractivity contribution in [2.75, 3.05) is 6.61 Å². The first-order valence-electron chi connectivity index (χ1n) is 7.72. The van der Waals surface area contributed by atoms with Crippen molar-refractivity contribution in [2.24, 2.45) is 4.40 Å². The average molecular weight is 402 g/mol. The van der Waals surface area contributed by atoms with Crippen LogP contribution in [0.25, 0.3) is 0 Å². The third kappa shape index (κ3) is 6.17. The van der Waals surface area contributed by atoms with Gasteiger partial charge in [-0.1, -0.05) is 19.1 Å². The van der Waals surface area contributed by atoms with E-state index in [0.29, 0.717) is 12.4 Å². The van der Waals surface area contributed by atoms with Crippen molar-refractivity contribution in [2.45, 2.75) is 24.6 Å². The lowest BCUT2D eigenvalue weighted by Gasteiger charge is -2.13. The van der Waals surface area contributed by atoms with Crippen LogP contribution in [-0.4, -0.2) is 27.3 Å². The van der Waals surface area contributed by atoms with Gasteiger partial charge in [0.2, 0.25) is 0 Å². The molecule has 0 aliphatic rings. The van der Waals surface area contributed by atoms with E-state index >= 15 is 0 Å². The Morgan fingerprint density at radius 2 is 1.78 bits per heavy atom. The summed E-state index contributed by atoms with van der Waals surface area (Å²) in [6, 6.07) is 9.24. The molecule has 0 heterocycles. The predicted molar refractivity (Wildman–Crippen MR) is 89.1 cm³/mol. The van der Waals surface area contributed by atoms with Crippen molar-refractivity contribution in [3.63, 3.8) is 0 Å². The van der Waals surface area contributed by atoms with Crippen LogP contribution in [0.4, 0.5) is 13.2 Å². The van der Waals surface area contributed by atoms with E-state index in [1.54, 1.807) is 6.07 Å². The molecule has 146 valence electrons. The van der Waals surface area contributed by atoms with Crippen molar-refractivity contribution in [1.29, 1.82) is 0 Å². The molecule has 0 radical (unpaired) electrons. The van der Waals surface area contributed by atoms with Gasteiger partial charge in [-0.25, -0.2) is 0 Å². The first-order chi connectivity index (χ1) is 12.6. The summed E-state index contributed by atoms with van der Waals surface area (Å²) in [6.45, 7) is 2.33. The highest BCUT2D eigenvalue weighted by Gasteiger charge is 2.31. The Hall–Kier alpha value is -2.75. The van der Waals surface area contributed by atoms with Crippen LogP contribution in [0.3, 0.4) is 0 Å². The van der Waals surface area contributed by atoms with Crippen molar-refractivity contribution < 1.29 is 36.2 Å². The lowest BCUT2D eigenvalue weighted by atomic mass is 10.2. The van der Waals surface area contributed by atoms with Gasteiger partial charge in [0, 0.05) is 5.90 Å². The molecule has 0 saturated carbocycles. The molecular weight excluding hydrogens is 387 g/mol. The van der Waals surface area contributed by atoms with E-state index < -0.39 is 32.9 Å². The molecule has 27 heavy (non-hydrogen) atoms. The van der Waals surface area contributed by atoms with Crippen LogP contribution in [0.5, 0.6) is 11.5 Å². The zero-order valence-electron chi connectivity index (χ0n) is 14.1. The Morgan fingerprint density at radius 3 is 2.37 bits per heavy atom. The second-order valence-electron chi connectivity index (χ2n) is 5.27. The summed E-state index contributed by atoms with van der Waals surface area (Å²) in [6.07, 6.45) is -4.14. The van der Waals surface area contributed by atoms with E-state index in [4.69, 9.17) is 4.74 Å². The molecule has 0 aliphatic carbocycles. The quantitative estimate of drug-likeness (QED) is 0.525. The minimum Gasteiger partial charge on any atom is -0.858 e. The summed E-state index contributed by atoms with van der Waals surface area (Å²) in [4.78, 5) is -0.441. The summed E-state index contributed by atoms with van der Waals surface area (Å²) in [5.41, 5.74) is 0.00389. The number of sulfonamides is 1. The molecule has 2 aromatic carbocycles. The number of nitrogens with zero attached hydrogens (tertiary/aromatic N) is 1. The topological polar surface area (TPSA) is 88.0 Å². The van der Waals surface area contributed by atoms with Gasteiger partial charge < -0.3 is 14.6 Å². The Kier molecular flexibility index (Phi) is 6.32. The first kappa shape index (κ1) is 20.6. The van der Waals surface area contributed by atoms with E-state index in [1.807, 2.05) is 6.92 Å². The van der Waals surface area contributed by atoms with Crippen molar-refractivity contribution in [1.82, 2.24) is 0 Å². The number of hydrogen-bond donors (Lipinski definition) is 0. The highest BCUT2D eigenvalue weighted by atomic mass is 32.2. The molecule has 0 unspecified atom stereocenters. The first-order valence-corrected chi connectivity index (χ1v) is 9.16. The molecule has 0 N–H and O–H groups in total. The molecule has 0 fully saturated rings. The van der Waals surface area contributed by atoms with Gasteiger partial charge in [0.15, 0.2) is 0 Å². The molecular formula is C17H15F3NO5S-. The van der Waals surface area contributed by atoms with E-state index in [2.05, 4.69) is 9.13 Å². The number of hydrogen-bond acceptors (Lipinski definition) is 5. The number of ether oxygens (including phenoxy) is 2. The zero-order valence-corrected chi connectivity index (χ0v) is 14.9. The van der Waals surface area contributed by atoms with Crippen LogP contribution in [0.15, 0.2) is 57.8 Å². The smallest absolute Gasteiger partial charge is 0.573 e. The molecule has 0 spiro atoms. The van der Waals surface area contributed by atoms with Crippen LogP contribution in [0, 0.1) is 0 Å². The maximum Gasteiger partial charge on any atom is 0.573 e. The number of rotatable bonds is 7. The summed E-state index contributed by atoms with van der Waals surface area (Å²) >= 11 is 0. The largest absolute Gasteiger partial charge is 0.858 e. The van der Waals surface area contributed by atoms with Gasteiger partial charge in [0.25, 0.3) is 10.0 Å². The molecule has 0 aliphatic heterocycles. The summed E-state index contributed by atoms with van der Waals surface area (Å²) in [5.74, 6) is -1.22. The molecule has 0 amide bonds. The van der Waals surface area contributed by atoms with E-state index in [0.717, 1.165) is 30.7 Å². The van der Waals surface area contributed by atoms with Crippen molar-refractivity contribution >= 4 is 15.9 Å². The predicted octanol–water partition coefficient (Wildman–Crippen LogP) is 2.87. The lowest BCUT2D eigenvalue weighted by Crippen LogP contribution is -2.21. The van der Waals surface area contributed by atoms with Gasteiger partial charge in [-0.05, 0) is 48.4 Å². The fourth-order valence-corrected chi connectivity index (χ4v) is 2.88. The van der Waals surface area contributed by atoms with Gasteiger partial charge in [0.1, 0.15) is 11.5 Å². The van der Waals surface area contributed by atoms with Gasteiger partial charge in [-0.2, -0.15) is 12.8 Å². The summed E-state index contributed by atoms with van der Waals surface area (Å²) in [7, 11) is -4.40. The Labute approximate surface area is 153 Å². The van der Waals surface area contributed by atoms with Crippen LogP contribution in [0.2, 0.25) is 0 Å². The van der Waals surface area contributed by atoms with Crippen LogP contribution in [-0.2, 0) is 10.0 Å². The molecule has 0 bridgehead atoms. The van der Waals surface area contributed by atoms with Gasteiger partial charge >= 0.3 is 6.36 Å². The molecule has 0 saturated heterocycles. The summed E-state index contributed by atoms with van der Waals surface area (Å²) in [5, 5.41) is 12.1. The van der Waals surface area contributed by atoms with E-state index in [-0.39, 0.29) is 5.56 Å². The fourth-order valence-electron chi connectivity index (χ4n) is 1.97. The van der Waals surface area contributed by atoms with E-state index in [1.165, 1.54) is 18.2 Å². The molecule has 6 nitrogen and oxygen atoms in total. The Bertz CT molecular complexity index is 909. The lowest BCUT2D eigenvalue weighted by molar-refractivity contribution is -0.274. The van der Waals surface area contributed by atoms with Crippen molar-refractivity contribution in [3.8, 4) is 11.5 Å². The average Bonchev–Trinajstić information content (AvgIpc) is 2.59. The molecule has 10 heteroatoms. The number of alkyl halides is 3. The molecule has 0 aromatic heterocycles. The normalized spacial score (nSPS) is 12.7. The molecule has 2 rings (SSSR count). The number of benzene rings is 2. The Morgan fingerprint density at radius 1 is 1.11 bits per heavy atom. The van der Waals surface area contributed by atoms with Crippen LogP contribution < -0.4 is 14.6 Å². The molecule has 2 aromatic rings. The zero-order chi connectivity index (χ0) is 20.1. The third-order valence-corrected chi connectivity index (χ3v) is 4.39. The monoisotopic (exact) mass is 402 g/mol. The maximum atomic E-state index is 12.2. The fraction of sp³-hybridized carbons (Fsp3) is 0.235. The van der Waals surface area contributed by atoms with Crippen molar-refractivity contribution in [3.05, 3.63) is 54.1 Å². The number of halogens is 3. The Balaban J connectivity index is 2.23. The van der Waals surface area contributed by atoms with Gasteiger partial charge in [0.05, 0.1) is 11.5 Å². The molecule has 0 atom stereocenters. The van der Waals surface area contributed by atoms with E-state index in [9.17, 15) is 26.7 Å². The third-order valence-electron chi connectivity index (χ3n) is 3.11. The second-order valence-corrected chi connectivity index (χ2v) is 6.87. The maximum absolute atomic E-state index is 12.2. The highest BCUT2D eigenvalue weighted by Crippen LogP contribution is 2.24. The highest BCUT2D eigenvalue weighted by molar-refractivity contribution is 7.90.